The van der Waals surface area contributed by atoms with Gasteiger partial charge in [0, 0.05) is 50.4 Å². The highest BCUT2D eigenvalue weighted by molar-refractivity contribution is 14.0. The van der Waals surface area contributed by atoms with Gasteiger partial charge in [-0.3, -0.25) is 4.99 Å². The van der Waals surface area contributed by atoms with Crippen molar-refractivity contribution < 1.29 is 0 Å². The van der Waals surface area contributed by atoms with Gasteiger partial charge in [-0.05, 0) is 30.2 Å². The number of guanidine groups is 1. The van der Waals surface area contributed by atoms with Crippen molar-refractivity contribution in [2.24, 2.45) is 4.99 Å². The average molecular weight is 496 g/mol. The second-order valence-corrected chi connectivity index (χ2v) is 7.76. The van der Waals surface area contributed by atoms with Crippen LogP contribution in [0.4, 0.5) is 5.69 Å². The summed E-state index contributed by atoms with van der Waals surface area (Å²) in [4.78, 5) is 6.78. The van der Waals surface area contributed by atoms with Crippen LogP contribution in [0.15, 0.2) is 53.5 Å². The first-order valence-electron chi connectivity index (χ1n) is 9.16. The zero-order valence-corrected chi connectivity index (χ0v) is 19.2. The molecule has 1 aliphatic heterocycles. The van der Waals surface area contributed by atoms with Crippen LogP contribution >= 0.6 is 35.7 Å². The highest BCUT2D eigenvalue weighted by Crippen LogP contribution is 2.19. The molecule has 2 aromatic rings. The van der Waals surface area contributed by atoms with E-state index >= 15 is 0 Å². The predicted octanol–water partition coefficient (Wildman–Crippen LogP) is 4.03. The Morgan fingerprint density at radius 1 is 1.00 bits per heavy atom. The fourth-order valence-electron chi connectivity index (χ4n) is 3.06. The van der Waals surface area contributed by atoms with Crippen molar-refractivity contribution in [3.05, 3.63) is 65.2 Å². The molecule has 1 heterocycles. The number of hydrogen-bond donors (Lipinski definition) is 2. The zero-order chi connectivity index (χ0) is 18.2. The molecule has 0 aromatic heterocycles. The molecule has 3 rings (SSSR count). The molecule has 0 spiro atoms. The van der Waals surface area contributed by atoms with Crippen molar-refractivity contribution in [1.82, 2.24) is 10.6 Å². The first kappa shape index (κ1) is 21.9. The van der Waals surface area contributed by atoms with E-state index in [4.69, 9.17) is 0 Å². The summed E-state index contributed by atoms with van der Waals surface area (Å²) in [6, 6.07) is 17.4. The quantitative estimate of drug-likeness (QED) is 0.373. The van der Waals surface area contributed by atoms with Crippen molar-refractivity contribution >= 4 is 47.4 Å². The van der Waals surface area contributed by atoms with Gasteiger partial charge in [-0.1, -0.05) is 42.0 Å². The van der Waals surface area contributed by atoms with Crippen LogP contribution in [0.5, 0.6) is 0 Å². The number of aliphatic imine (C=N–C) groups is 1. The molecule has 1 aliphatic rings. The molecule has 0 unspecified atom stereocenters. The normalized spacial score (nSPS) is 14.4. The summed E-state index contributed by atoms with van der Waals surface area (Å²) in [5.74, 6) is 3.28. The van der Waals surface area contributed by atoms with E-state index in [9.17, 15) is 0 Å². The maximum absolute atomic E-state index is 4.32. The van der Waals surface area contributed by atoms with Crippen LogP contribution in [-0.4, -0.2) is 37.6 Å². The number of nitrogens with one attached hydrogen (secondary N) is 2. The van der Waals surface area contributed by atoms with E-state index in [0.29, 0.717) is 0 Å². The Kier molecular flexibility index (Phi) is 9.27. The van der Waals surface area contributed by atoms with Gasteiger partial charge in [-0.2, -0.15) is 11.8 Å². The first-order chi connectivity index (χ1) is 12.7. The van der Waals surface area contributed by atoms with Gasteiger partial charge in [0.25, 0.3) is 0 Å². The van der Waals surface area contributed by atoms with E-state index in [1.807, 2.05) is 18.8 Å². The first-order valence-corrected chi connectivity index (χ1v) is 10.3. The third-order valence-electron chi connectivity index (χ3n) is 4.54. The molecule has 0 bridgehead atoms. The molecular formula is C21H29IN4S. The lowest BCUT2D eigenvalue weighted by molar-refractivity contribution is 0.807. The van der Waals surface area contributed by atoms with Crippen LogP contribution in [0.1, 0.15) is 16.7 Å². The van der Waals surface area contributed by atoms with E-state index in [1.54, 1.807) is 0 Å². The molecule has 146 valence electrons. The molecule has 4 nitrogen and oxygen atoms in total. The van der Waals surface area contributed by atoms with Crippen LogP contribution in [0.2, 0.25) is 0 Å². The minimum absolute atomic E-state index is 0. The van der Waals surface area contributed by atoms with Crippen LogP contribution in [-0.2, 0) is 13.1 Å². The molecule has 0 saturated carbocycles. The summed E-state index contributed by atoms with van der Waals surface area (Å²) in [5.41, 5.74) is 5.13. The van der Waals surface area contributed by atoms with E-state index in [0.717, 1.165) is 32.1 Å². The average Bonchev–Trinajstić information content (AvgIpc) is 2.69. The minimum atomic E-state index is 0. The summed E-state index contributed by atoms with van der Waals surface area (Å²) < 4.78 is 0. The van der Waals surface area contributed by atoms with Gasteiger partial charge in [-0.25, -0.2) is 0 Å². The van der Waals surface area contributed by atoms with Gasteiger partial charge in [0.15, 0.2) is 5.96 Å². The SMILES string of the molecule is CN=C(NCc1ccc(N2CCSCC2)cc1)NCc1cccc(C)c1.I. The Morgan fingerprint density at radius 3 is 2.30 bits per heavy atom. The number of halogens is 1. The smallest absolute Gasteiger partial charge is 0.191 e. The summed E-state index contributed by atoms with van der Waals surface area (Å²) in [7, 11) is 1.81. The van der Waals surface area contributed by atoms with Gasteiger partial charge >= 0.3 is 0 Å². The molecule has 6 heteroatoms. The second-order valence-electron chi connectivity index (χ2n) is 6.53. The zero-order valence-electron chi connectivity index (χ0n) is 16.1. The fraction of sp³-hybridized carbons (Fsp3) is 0.381. The van der Waals surface area contributed by atoms with Crippen LogP contribution in [0, 0.1) is 6.92 Å². The van der Waals surface area contributed by atoms with Gasteiger partial charge in [-0.15, -0.1) is 24.0 Å². The van der Waals surface area contributed by atoms with E-state index in [-0.39, 0.29) is 24.0 Å². The molecule has 0 aliphatic carbocycles. The van der Waals surface area contributed by atoms with Crippen LogP contribution in [0.25, 0.3) is 0 Å². The number of rotatable bonds is 5. The standard InChI is InChI=1S/C21H28N4S.HI/c1-17-4-3-5-19(14-17)16-24-21(22-2)23-15-18-6-8-20(9-7-18)25-10-12-26-13-11-25;/h3-9,14H,10-13,15-16H2,1-2H3,(H2,22,23,24);1H. The molecule has 27 heavy (non-hydrogen) atoms. The molecular weight excluding hydrogens is 467 g/mol. The Hall–Kier alpha value is -1.41. The van der Waals surface area contributed by atoms with Crippen molar-refractivity contribution in [2.45, 2.75) is 20.0 Å². The highest BCUT2D eigenvalue weighted by Gasteiger charge is 2.10. The van der Waals surface area contributed by atoms with Crippen LogP contribution < -0.4 is 15.5 Å². The van der Waals surface area contributed by atoms with Gasteiger partial charge < -0.3 is 15.5 Å². The van der Waals surface area contributed by atoms with Crippen LogP contribution in [0.3, 0.4) is 0 Å². The Balaban J connectivity index is 0.00000261. The van der Waals surface area contributed by atoms with Crippen molar-refractivity contribution in [1.29, 1.82) is 0 Å². The Labute approximate surface area is 184 Å². The largest absolute Gasteiger partial charge is 0.370 e. The molecule has 2 aromatic carbocycles. The minimum Gasteiger partial charge on any atom is -0.370 e. The monoisotopic (exact) mass is 496 g/mol. The molecule has 0 radical (unpaired) electrons. The topological polar surface area (TPSA) is 39.7 Å². The third-order valence-corrected chi connectivity index (χ3v) is 5.48. The molecule has 1 fully saturated rings. The highest BCUT2D eigenvalue weighted by atomic mass is 127. The summed E-state index contributed by atoms with van der Waals surface area (Å²) in [6.07, 6.45) is 0. The number of hydrogen-bond acceptors (Lipinski definition) is 3. The van der Waals surface area contributed by atoms with E-state index in [1.165, 1.54) is 33.9 Å². The lowest BCUT2D eigenvalue weighted by atomic mass is 10.1. The number of aryl methyl sites for hydroxylation is 1. The molecule has 2 N–H and O–H groups in total. The van der Waals surface area contributed by atoms with Crippen molar-refractivity contribution in [2.75, 3.05) is 36.5 Å². The molecule has 0 atom stereocenters. The third kappa shape index (κ3) is 6.92. The van der Waals surface area contributed by atoms with E-state index < -0.39 is 0 Å². The second kappa shape index (κ2) is 11.4. The Morgan fingerprint density at radius 2 is 1.67 bits per heavy atom. The number of benzene rings is 2. The Bertz CT molecular complexity index is 727. The number of thioether (sulfide) groups is 1. The number of anilines is 1. The lowest BCUT2D eigenvalue weighted by Crippen LogP contribution is -2.36. The summed E-state index contributed by atoms with van der Waals surface area (Å²) >= 11 is 2.04. The van der Waals surface area contributed by atoms with E-state index in [2.05, 4.69) is 76.0 Å². The maximum Gasteiger partial charge on any atom is 0.191 e. The van der Waals surface area contributed by atoms with Crippen molar-refractivity contribution in [3.63, 3.8) is 0 Å². The van der Waals surface area contributed by atoms with Gasteiger partial charge in [0.05, 0.1) is 0 Å². The molecule has 0 amide bonds. The van der Waals surface area contributed by atoms with Gasteiger partial charge in [0.2, 0.25) is 0 Å². The number of nitrogens with zero attached hydrogens (tertiary/aromatic N) is 2. The van der Waals surface area contributed by atoms with Gasteiger partial charge in [0.1, 0.15) is 0 Å². The predicted molar refractivity (Wildman–Crippen MR) is 130 cm³/mol. The fourth-order valence-corrected chi connectivity index (χ4v) is 3.96. The molecule has 1 saturated heterocycles. The summed E-state index contributed by atoms with van der Waals surface area (Å²) in [6.45, 7) is 5.95. The van der Waals surface area contributed by atoms with Crippen molar-refractivity contribution in [3.8, 4) is 0 Å². The summed E-state index contributed by atoms with van der Waals surface area (Å²) in [5, 5.41) is 6.77. The maximum atomic E-state index is 4.32. The lowest BCUT2D eigenvalue weighted by Gasteiger charge is -2.28.